The van der Waals surface area contributed by atoms with E-state index in [0.717, 1.165) is 19.3 Å². The Kier molecular flexibility index (Phi) is 4.24. The summed E-state index contributed by atoms with van der Waals surface area (Å²) in [6.45, 7) is 0.507. The SMILES string of the molecule is O=C(C(=O)N1CCCC[C@H]1c1nc2ccc(F)cc2[nH]1)c1ccccc1. The molecule has 1 atom stereocenters. The molecule has 4 rings (SSSR count). The lowest BCUT2D eigenvalue weighted by Gasteiger charge is -2.34. The molecular formula is C20H18FN3O2. The van der Waals surface area contributed by atoms with E-state index in [4.69, 9.17) is 0 Å². The lowest BCUT2D eigenvalue weighted by atomic mass is 10.00. The molecule has 2 heterocycles. The predicted molar refractivity (Wildman–Crippen MR) is 95.1 cm³/mol. The third-order valence-electron chi connectivity index (χ3n) is 4.77. The van der Waals surface area contributed by atoms with Gasteiger partial charge in [0.15, 0.2) is 0 Å². The van der Waals surface area contributed by atoms with Gasteiger partial charge in [0.2, 0.25) is 5.78 Å². The summed E-state index contributed by atoms with van der Waals surface area (Å²) < 4.78 is 13.4. The van der Waals surface area contributed by atoms with Gasteiger partial charge in [-0.3, -0.25) is 9.59 Å². The minimum absolute atomic E-state index is 0.306. The fourth-order valence-electron chi connectivity index (χ4n) is 3.46. The highest BCUT2D eigenvalue weighted by Gasteiger charge is 2.33. The van der Waals surface area contributed by atoms with Gasteiger partial charge >= 0.3 is 0 Å². The maximum atomic E-state index is 13.4. The smallest absolute Gasteiger partial charge is 0.295 e. The quantitative estimate of drug-likeness (QED) is 0.579. The van der Waals surface area contributed by atoms with Crippen LogP contribution >= 0.6 is 0 Å². The molecule has 0 spiro atoms. The number of H-pyrrole nitrogens is 1. The molecule has 2 aromatic carbocycles. The maximum Gasteiger partial charge on any atom is 0.295 e. The Morgan fingerprint density at radius 1 is 1.12 bits per heavy atom. The van der Waals surface area contributed by atoms with E-state index in [1.54, 1.807) is 41.3 Å². The van der Waals surface area contributed by atoms with E-state index in [0.29, 0.717) is 29.0 Å². The molecule has 1 fully saturated rings. The summed E-state index contributed by atoms with van der Waals surface area (Å²) in [6.07, 6.45) is 2.51. The van der Waals surface area contributed by atoms with Crippen LogP contribution in [-0.4, -0.2) is 33.1 Å². The number of carbonyl (C=O) groups is 2. The Balaban J connectivity index is 1.65. The molecule has 0 unspecified atom stereocenters. The fourth-order valence-corrected chi connectivity index (χ4v) is 3.46. The summed E-state index contributed by atoms with van der Waals surface area (Å²) in [4.78, 5) is 34.6. The predicted octanol–water partition coefficient (Wildman–Crippen LogP) is 3.64. The van der Waals surface area contributed by atoms with Crippen molar-refractivity contribution in [2.24, 2.45) is 0 Å². The molecule has 5 nitrogen and oxygen atoms in total. The van der Waals surface area contributed by atoms with Gasteiger partial charge in [-0.05, 0) is 37.5 Å². The van der Waals surface area contributed by atoms with Crippen molar-refractivity contribution in [2.75, 3.05) is 6.54 Å². The van der Waals surface area contributed by atoms with E-state index in [1.165, 1.54) is 12.1 Å². The average molecular weight is 351 g/mol. The minimum Gasteiger partial charge on any atom is -0.340 e. The van der Waals surface area contributed by atoms with E-state index in [-0.39, 0.29) is 11.9 Å². The van der Waals surface area contributed by atoms with Crippen LogP contribution in [0, 0.1) is 5.82 Å². The zero-order valence-electron chi connectivity index (χ0n) is 14.1. The van der Waals surface area contributed by atoms with Gasteiger partial charge in [0.05, 0.1) is 17.1 Å². The molecule has 26 heavy (non-hydrogen) atoms. The molecule has 132 valence electrons. The van der Waals surface area contributed by atoms with Crippen molar-refractivity contribution in [2.45, 2.75) is 25.3 Å². The van der Waals surface area contributed by atoms with E-state index in [9.17, 15) is 14.0 Å². The number of rotatable bonds is 3. The van der Waals surface area contributed by atoms with Crippen molar-refractivity contribution in [1.82, 2.24) is 14.9 Å². The first-order valence-corrected chi connectivity index (χ1v) is 8.69. The number of carbonyl (C=O) groups excluding carboxylic acids is 2. The number of benzene rings is 2. The Labute approximate surface area is 149 Å². The van der Waals surface area contributed by atoms with Crippen molar-refractivity contribution in [3.8, 4) is 0 Å². The van der Waals surface area contributed by atoms with Gasteiger partial charge < -0.3 is 9.88 Å². The first-order valence-electron chi connectivity index (χ1n) is 8.69. The molecule has 0 radical (unpaired) electrons. The number of likely N-dealkylation sites (tertiary alicyclic amines) is 1. The Hall–Kier alpha value is -3.02. The second kappa shape index (κ2) is 6.71. The van der Waals surface area contributed by atoms with Crippen molar-refractivity contribution in [1.29, 1.82) is 0 Å². The summed E-state index contributed by atoms with van der Waals surface area (Å²) in [5.41, 5.74) is 1.62. The number of piperidine rings is 1. The van der Waals surface area contributed by atoms with Crippen LogP contribution in [0.4, 0.5) is 4.39 Å². The lowest BCUT2D eigenvalue weighted by Crippen LogP contribution is -2.42. The maximum absolute atomic E-state index is 13.4. The van der Waals surface area contributed by atoms with Crippen LogP contribution in [0.2, 0.25) is 0 Å². The molecule has 0 bridgehead atoms. The summed E-state index contributed by atoms with van der Waals surface area (Å²) in [7, 11) is 0. The highest BCUT2D eigenvalue weighted by molar-refractivity contribution is 6.42. The molecule has 1 amide bonds. The zero-order valence-corrected chi connectivity index (χ0v) is 14.1. The number of nitrogens with one attached hydrogen (secondary N) is 1. The van der Waals surface area contributed by atoms with Gasteiger partial charge in [-0.25, -0.2) is 9.37 Å². The topological polar surface area (TPSA) is 66.1 Å². The van der Waals surface area contributed by atoms with E-state index >= 15 is 0 Å². The molecule has 1 aliphatic heterocycles. The highest BCUT2D eigenvalue weighted by Crippen LogP contribution is 2.31. The number of hydrogen-bond acceptors (Lipinski definition) is 3. The summed E-state index contributed by atoms with van der Waals surface area (Å²) in [5, 5.41) is 0. The number of halogens is 1. The largest absolute Gasteiger partial charge is 0.340 e. The number of aromatic nitrogens is 2. The second-order valence-electron chi connectivity index (χ2n) is 6.49. The third-order valence-corrected chi connectivity index (χ3v) is 4.77. The summed E-state index contributed by atoms with van der Waals surface area (Å²) in [5.74, 6) is -0.782. The Morgan fingerprint density at radius 3 is 2.73 bits per heavy atom. The molecule has 1 N–H and O–H groups in total. The zero-order chi connectivity index (χ0) is 18.1. The Bertz CT molecular complexity index is 968. The summed E-state index contributed by atoms with van der Waals surface area (Å²) >= 11 is 0. The van der Waals surface area contributed by atoms with Crippen LogP contribution in [0.15, 0.2) is 48.5 Å². The van der Waals surface area contributed by atoms with Gasteiger partial charge in [-0.15, -0.1) is 0 Å². The van der Waals surface area contributed by atoms with Gasteiger partial charge in [-0.1, -0.05) is 30.3 Å². The lowest BCUT2D eigenvalue weighted by molar-refractivity contribution is -0.130. The molecular weight excluding hydrogens is 333 g/mol. The first kappa shape index (κ1) is 16.4. The van der Waals surface area contributed by atoms with E-state index in [2.05, 4.69) is 9.97 Å². The second-order valence-corrected chi connectivity index (χ2v) is 6.49. The van der Waals surface area contributed by atoms with Gasteiger partial charge in [0.1, 0.15) is 11.6 Å². The highest BCUT2D eigenvalue weighted by atomic mass is 19.1. The molecule has 3 aromatic rings. The van der Waals surface area contributed by atoms with Crippen LogP contribution in [0.1, 0.15) is 41.5 Å². The molecule has 1 aromatic heterocycles. The monoisotopic (exact) mass is 351 g/mol. The van der Waals surface area contributed by atoms with Crippen LogP contribution in [-0.2, 0) is 4.79 Å². The van der Waals surface area contributed by atoms with Crippen LogP contribution in [0.25, 0.3) is 11.0 Å². The van der Waals surface area contributed by atoms with E-state index < -0.39 is 11.7 Å². The van der Waals surface area contributed by atoms with Crippen LogP contribution < -0.4 is 0 Å². The number of fused-ring (bicyclic) bond motifs is 1. The normalized spacial score (nSPS) is 17.4. The molecule has 6 heteroatoms. The molecule has 0 saturated carbocycles. The molecule has 1 saturated heterocycles. The number of aromatic amines is 1. The molecule has 0 aliphatic carbocycles. The van der Waals surface area contributed by atoms with Crippen molar-refractivity contribution >= 4 is 22.7 Å². The number of imidazole rings is 1. The van der Waals surface area contributed by atoms with Gasteiger partial charge in [0.25, 0.3) is 5.91 Å². The number of ketones is 1. The standard InChI is InChI=1S/C20H18FN3O2/c21-14-9-10-15-16(12-14)23-19(22-15)17-8-4-5-11-24(17)20(26)18(25)13-6-2-1-3-7-13/h1-3,6-7,9-10,12,17H,4-5,8,11H2,(H,22,23)/t17-/m0/s1. The van der Waals surface area contributed by atoms with Crippen molar-refractivity contribution in [3.63, 3.8) is 0 Å². The first-order chi connectivity index (χ1) is 12.6. The van der Waals surface area contributed by atoms with Gasteiger partial charge in [0, 0.05) is 12.1 Å². The van der Waals surface area contributed by atoms with Crippen molar-refractivity contribution in [3.05, 3.63) is 65.7 Å². The van der Waals surface area contributed by atoms with Gasteiger partial charge in [-0.2, -0.15) is 0 Å². The van der Waals surface area contributed by atoms with Crippen LogP contribution in [0.5, 0.6) is 0 Å². The summed E-state index contributed by atoms with van der Waals surface area (Å²) in [6, 6.07) is 12.6. The fraction of sp³-hybridized carbons (Fsp3) is 0.250. The van der Waals surface area contributed by atoms with Crippen molar-refractivity contribution < 1.29 is 14.0 Å². The van der Waals surface area contributed by atoms with E-state index in [1.807, 2.05) is 0 Å². The number of hydrogen-bond donors (Lipinski definition) is 1. The average Bonchev–Trinajstić information content (AvgIpc) is 3.10. The third kappa shape index (κ3) is 2.98. The number of nitrogens with zero attached hydrogens (tertiary/aromatic N) is 2. The van der Waals surface area contributed by atoms with Crippen LogP contribution in [0.3, 0.4) is 0 Å². The Morgan fingerprint density at radius 2 is 1.92 bits per heavy atom. The number of Topliss-reactive ketones (excluding diaryl/α,β-unsaturated/α-hetero) is 1. The molecule has 1 aliphatic rings. The minimum atomic E-state index is -0.521. The number of amides is 1.